The predicted molar refractivity (Wildman–Crippen MR) is 285 cm³/mol. The Balaban J connectivity index is 1.40. The first kappa shape index (κ1) is 44.9. The number of fused-ring (bicyclic) bond motifs is 7. The fraction of sp³-hybridized carbons (Fsp3) is 0.452. The summed E-state index contributed by atoms with van der Waals surface area (Å²) in [6, 6.07) is 38.3. The van der Waals surface area contributed by atoms with Crippen LogP contribution in [0.25, 0.3) is 11.1 Å². The van der Waals surface area contributed by atoms with Crippen LogP contribution in [0.15, 0.2) is 101 Å². The SMILES string of the molecule is CC(C)(C)c1ccc(N2c3cc(C(C)(C)C)cc4c3B(c3cc5c(cc3N4c3ccc(C(C)(C)C)cc3-c3ccccc3)C(C)(C)CCC5(C)C)c3oc4c(c32)C(C)(C)CCC4(C)C)cc1. The molecule has 2 aliphatic heterocycles. The lowest BCUT2D eigenvalue weighted by Gasteiger charge is -2.47. The number of furan rings is 1. The molecule has 0 bridgehead atoms. The van der Waals surface area contributed by atoms with Crippen LogP contribution in [0.1, 0.15) is 183 Å². The van der Waals surface area contributed by atoms with Crippen molar-refractivity contribution in [2.75, 3.05) is 9.80 Å². The molecule has 0 fully saturated rings. The van der Waals surface area contributed by atoms with Crippen LogP contribution in [0, 0.1) is 0 Å². The van der Waals surface area contributed by atoms with E-state index >= 15 is 0 Å². The van der Waals surface area contributed by atoms with Crippen LogP contribution in [0.3, 0.4) is 0 Å². The molecule has 2 aliphatic carbocycles. The number of nitrogens with zero attached hydrogens (tertiary/aromatic N) is 2. The van der Waals surface area contributed by atoms with Crippen molar-refractivity contribution in [2.45, 2.75) is 181 Å². The van der Waals surface area contributed by atoms with E-state index in [9.17, 15) is 0 Å². The topological polar surface area (TPSA) is 19.6 Å². The van der Waals surface area contributed by atoms with Crippen LogP contribution >= 0.6 is 0 Å². The molecule has 0 spiro atoms. The van der Waals surface area contributed by atoms with E-state index in [4.69, 9.17) is 4.42 Å². The van der Waals surface area contributed by atoms with Gasteiger partial charge in [0, 0.05) is 39.3 Å². The van der Waals surface area contributed by atoms with Crippen LogP contribution in [-0.2, 0) is 37.9 Å². The second kappa shape index (κ2) is 14.3. The van der Waals surface area contributed by atoms with Gasteiger partial charge in [-0.2, -0.15) is 0 Å². The first-order valence-electron chi connectivity index (χ1n) is 25.1. The summed E-state index contributed by atoms with van der Waals surface area (Å²) in [5.74, 6) is 1.16. The zero-order valence-electron chi connectivity index (χ0n) is 43.4. The van der Waals surface area contributed by atoms with Gasteiger partial charge in [-0.15, -0.1) is 0 Å². The summed E-state index contributed by atoms with van der Waals surface area (Å²) in [5.41, 5.74) is 21.8. The second-order valence-corrected chi connectivity index (χ2v) is 26.4. The molecular formula is C62H75BN2O. The number of hydrogen-bond acceptors (Lipinski definition) is 3. The fourth-order valence-electron chi connectivity index (χ4n) is 12.0. The quantitative estimate of drug-likeness (QED) is 0.165. The minimum atomic E-state index is -0.133. The molecule has 0 atom stereocenters. The molecular weight excluding hydrogens is 800 g/mol. The largest absolute Gasteiger partial charge is 0.472 e. The maximum Gasteiger partial charge on any atom is 0.297 e. The van der Waals surface area contributed by atoms with Gasteiger partial charge in [0.1, 0.15) is 5.76 Å². The lowest BCUT2D eigenvalue weighted by molar-refractivity contribution is 0.282. The Bertz CT molecular complexity index is 2920. The third kappa shape index (κ3) is 6.88. The van der Waals surface area contributed by atoms with E-state index < -0.39 is 0 Å². The van der Waals surface area contributed by atoms with Crippen LogP contribution in [0.4, 0.5) is 34.1 Å². The summed E-state index contributed by atoms with van der Waals surface area (Å²) in [4.78, 5) is 5.34. The van der Waals surface area contributed by atoms with Crippen LogP contribution in [0.5, 0.6) is 0 Å². The van der Waals surface area contributed by atoms with E-state index in [0.717, 1.165) is 37.1 Å². The monoisotopic (exact) mass is 875 g/mol. The lowest BCUT2D eigenvalue weighted by Crippen LogP contribution is -2.61. The molecule has 3 nitrogen and oxygen atoms in total. The highest BCUT2D eigenvalue weighted by atomic mass is 16.3. The molecule has 10 rings (SSSR count). The van der Waals surface area contributed by atoms with E-state index in [-0.39, 0.29) is 44.6 Å². The molecule has 5 aromatic carbocycles. The average molecular weight is 875 g/mol. The van der Waals surface area contributed by atoms with Gasteiger partial charge in [-0.05, 0) is 145 Å². The molecule has 0 saturated heterocycles. The molecule has 4 heteroatoms. The molecule has 4 aliphatic rings. The fourth-order valence-corrected chi connectivity index (χ4v) is 12.0. The third-order valence-corrected chi connectivity index (χ3v) is 16.6. The van der Waals surface area contributed by atoms with Gasteiger partial charge in [0.05, 0.1) is 17.0 Å². The van der Waals surface area contributed by atoms with E-state index in [0.29, 0.717) is 0 Å². The van der Waals surface area contributed by atoms with Gasteiger partial charge in [0.2, 0.25) is 0 Å². The summed E-state index contributed by atoms with van der Waals surface area (Å²) < 4.78 is 7.78. The number of anilines is 6. The van der Waals surface area contributed by atoms with Gasteiger partial charge >= 0.3 is 0 Å². The van der Waals surface area contributed by atoms with Gasteiger partial charge < -0.3 is 14.2 Å². The first-order chi connectivity index (χ1) is 30.6. The summed E-state index contributed by atoms with van der Waals surface area (Å²) in [7, 11) is 0. The molecule has 0 unspecified atom stereocenters. The Morgan fingerprint density at radius 2 is 1.02 bits per heavy atom. The highest BCUT2D eigenvalue weighted by molar-refractivity contribution is 6.99. The van der Waals surface area contributed by atoms with Gasteiger partial charge in [-0.25, -0.2) is 0 Å². The second-order valence-electron chi connectivity index (χ2n) is 26.4. The molecule has 6 aromatic rings. The van der Waals surface area contributed by atoms with Crippen LogP contribution in [0.2, 0.25) is 0 Å². The number of benzene rings is 5. The van der Waals surface area contributed by atoms with Gasteiger partial charge in [0.25, 0.3) is 6.71 Å². The average Bonchev–Trinajstić information content (AvgIpc) is 3.66. The van der Waals surface area contributed by atoms with Crippen molar-refractivity contribution in [1.82, 2.24) is 0 Å². The van der Waals surface area contributed by atoms with Crippen LogP contribution in [-0.4, -0.2) is 6.71 Å². The van der Waals surface area contributed by atoms with Crippen LogP contribution < -0.4 is 26.4 Å². The number of hydrogen-bond donors (Lipinski definition) is 0. The van der Waals surface area contributed by atoms with E-state index in [2.05, 4.69) is 225 Å². The van der Waals surface area contributed by atoms with Gasteiger partial charge in [-0.1, -0.05) is 172 Å². The predicted octanol–water partition coefficient (Wildman–Crippen LogP) is 15.6. The highest BCUT2D eigenvalue weighted by Crippen LogP contribution is 2.57. The summed E-state index contributed by atoms with van der Waals surface area (Å²) in [6.07, 6.45) is 4.51. The molecule has 0 N–H and O–H groups in total. The first-order valence-corrected chi connectivity index (χ1v) is 25.1. The lowest BCUT2D eigenvalue weighted by atomic mass is 9.34. The third-order valence-electron chi connectivity index (χ3n) is 16.6. The molecule has 342 valence electrons. The molecule has 66 heavy (non-hydrogen) atoms. The Morgan fingerprint density at radius 3 is 1.61 bits per heavy atom. The van der Waals surface area contributed by atoms with E-state index in [1.165, 1.54) is 89.6 Å². The number of rotatable bonds is 3. The Labute approximate surface area is 398 Å². The summed E-state index contributed by atoms with van der Waals surface area (Å²) in [6.45, 7) is 40.7. The normalized spacial score (nSPS) is 18.8. The van der Waals surface area contributed by atoms with Crippen molar-refractivity contribution in [3.63, 3.8) is 0 Å². The van der Waals surface area contributed by atoms with Crippen molar-refractivity contribution in [3.8, 4) is 11.1 Å². The van der Waals surface area contributed by atoms with Crippen molar-refractivity contribution in [1.29, 1.82) is 0 Å². The highest BCUT2D eigenvalue weighted by Gasteiger charge is 2.53. The standard InChI is InChI=1S/C62H75BN2O/c1-56(2,3)39-23-26-42(27-24-39)64-49-34-41(58(7,8)9)35-50-52(49)63(55-53(64)51-54(66-55)62(16,17)32-31-61(51,14)15)46-36-44-45(60(12,13)30-29-59(44,10)11)37-48(46)65(50)47-28-25-40(57(4,5)6)33-43(47)38-21-19-18-20-22-38/h18-28,33-37H,29-32H2,1-17H3. The van der Waals surface area contributed by atoms with E-state index in [1.54, 1.807) is 0 Å². The van der Waals surface area contributed by atoms with Gasteiger partial charge in [0.15, 0.2) is 0 Å². The molecule has 0 amide bonds. The maximum atomic E-state index is 7.78. The van der Waals surface area contributed by atoms with E-state index in [1.807, 2.05) is 0 Å². The van der Waals surface area contributed by atoms with Gasteiger partial charge in [-0.3, -0.25) is 0 Å². The Hall–Kier alpha value is -4.96. The maximum absolute atomic E-state index is 7.78. The smallest absolute Gasteiger partial charge is 0.297 e. The molecule has 3 heterocycles. The van der Waals surface area contributed by atoms with Crippen molar-refractivity contribution in [2.24, 2.45) is 0 Å². The minimum Gasteiger partial charge on any atom is -0.472 e. The van der Waals surface area contributed by atoms with Crippen molar-refractivity contribution >= 4 is 57.4 Å². The minimum absolute atomic E-state index is 0.0215. The zero-order chi connectivity index (χ0) is 47.5. The Morgan fingerprint density at radius 1 is 0.485 bits per heavy atom. The summed E-state index contributed by atoms with van der Waals surface area (Å²) in [5, 5.41) is 0. The molecule has 0 radical (unpaired) electrons. The van der Waals surface area contributed by atoms with Crippen molar-refractivity contribution < 1.29 is 4.42 Å². The summed E-state index contributed by atoms with van der Waals surface area (Å²) >= 11 is 0. The molecule has 0 saturated carbocycles. The Kier molecular flexibility index (Phi) is 9.71. The zero-order valence-corrected chi connectivity index (χ0v) is 43.4. The molecule has 1 aromatic heterocycles. The van der Waals surface area contributed by atoms with Crippen molar-refractivity contribution in [3.05, 3.63) is 136 Å².